The van der Waals surface area contributed by atoms with Gasteiger partial charge in [0.05, 0.1) is 16.4 Å². The highest BCUT2D eigenvalue weighted by molar-refractivity contribution is 6.33. The second-order valence-corrected chi connectivity index (χ2v) is 4.90. The minimum Gasteiger partial charge on any atom is -0.301 e. The van der Waals surface area contributed by atoms with Crippen LogP contribution in [0.1, 0.15) is 18.7 Å². The summed E-state index contributed by atoms with van der Waals surface area (Å²) in [5.74, 6) is 0. The molecule has 0 N–H and O–H groups in total. The molecule has 0 saturated carbocycles. The summed E-state index contributed by atoms with van der Waals surface area (Å²) in [6.07, 6.45) is 1.75. The van der Waals surface area contributed by atoms with Crippen molar-refractivity contribution in [1.82, 2.24) is 19.7 Å². The predicted molar refractivity (Wildman–Crippen MR) is 73.6 cm³/mol. The highest BCUT2D eigenvalue weighted by Gasteiger charge is 2.22. The Kier molecular flexibility index (Phi) is 3.68. The number of pyridine rings is 1. The van der Waals surface area contributed by atoms with E-state index in [-0.39, 0.29) is 6.04 Å². The Morgan fingerprint density at radius 1 is 1.33 bits per heavy atom. The molecule has 1 unspecified atom stereocenters. The summed E-state index contributed by atoms with van der Waals surface area (Å²) in [5.41, 5.74) is 2.54. The van der Waals surface area contributed by atoms with Crippen LogP contribution >= 0.6 is 11.6 Å². The lowest BCUT2D eigenvalue weighted by Gasteiger charge is -2.20. The van der Waals surface area contributed by atoms with Gasteiger partial charge >= 0.3 is 0 Å². The molecule has 0 aromatic carbocycles. The van der Waals surface area contributed by atoms with Gasteiger partial charge in [0.15, 0.2) is 0 Å². The van der Waals surface area contributed by atoms with E-state index in [9.17, 15) is 0 Å². The summed E-state index contributed by atoms with van der Waals surface area (Å²) < 4.78 is 1.83. The zero-order chi connectivity index (χ0) is 13.3. The molecule has 0 spiro atoms. The van der Waals surface area contributed by atoms with Gasteiger partial charge in [-0.1, -0.05) is 17.7 Å². The molecule has 0 fully saturated rings. The molecule has 0 aliphatic carbocycles. The van der Waals surface area contributed by atoms with Gasteiger partial charge in [0.2, 0.25) is 0 Å². The third-order valence-corrected chi connectivity index (χ3v) is 3.48. The van der Waals surface area contributed by atoms with Crippen molar-refractivity contribution in [1.29, 1.82) is 0 Å². The minimum absolute atomic E-state index is 0.201. The van der Waals surface area contributed by atoms with E-state index in [2.05, 4.69) is 21.9 Å². The molecule has 5 heteroatoms. The summed E-state index contributed by atoms with van der Waals surface area (Å²) in [6, 6.07) is 5.93. The van der Waals surface area contributed by atoms with Crippen molar-refractivity contribution in [2.24, 2.45) is 7.05 Å². The first-order chi connectivity index (χ1) is 8.52. The van der Waals surface area contributed by atoms with Gasteiger partial charge in [0.1, 0.15) is 5.69 Å². The maximum Gasteiger partial charge on any atom is 0.130 e. The Hall–Kier alpha value is -1.39. The van der Waals surface area contributed by atoms with Crippen LogP contribution in [0.4, 0.5) is 0 Å². The maximum atomic E-state index is 6.45. The molecule has 0 aliphatic rings. The second-order valence-electron chi connectivity index (χ2n) is 4.53. The average Bonchev–Trinajstić information content (AvgIpc) is 2.65. The van der Waals surface area contributed by atoms with E-state index in [4.69, 9.17) is 11.6 Å². The van der Waals surface area contributed by atoms with Crippen molar-refractivity contribution in [2.45, 2.75) is 13.0 Å². The van der Waals surface area contributed by atoms with Gasteiger partial charge in [-0.05, 0) is 33.2 Å². The highest BCUT2D eigenvalue weighted by Crippen LogP contribution is 2.33. The topological polar surface area (TPSA) is 34.0 Å². The van der Waals surface area contributed by atoms with Gasteiger partial charge in [0.25, 0.3) is 0 Å². The molecule has 0 amide bonds. The van der Waals surface area contributed by atoms with E-state index >= 15 is 0 Å². The molecule has 2 aromatic heterocycles. The van der Waals surface area contributed by atoms with Crippen LogP contribution in [0, 0.1) is 0 Å². The number of hydrogen-bond donors (Lipinski definition) is 0. The van der Waals surface area contributed by atoms with Gasteiger partial charge in [-0.15, -0.1) is 0 Å². The summed E-state index contributed by atoms with van der Waals surface area (Å²) in [4.78, 5) is 6.40. The number of rotatable bonds is 3. The normalized spacial score (nSPS) is 13.0. The van der Waals surface area contributed by atoms with Gasteiger partial charge in [-0.3, -0.25) is 9.67 Å². The molecule has 18 heavy (non-hydrogen) atoms. The first-order valence-electron chi connectivity index (χ1n) is 5.82. The van der Waals surface area contributed by atoms with Crippen molar-refractivity contribution < 1.29 is 0 Å². The molecule has 0 saturated heterocycles. The Balaban J connectivity index is 2.51. The number of aromatic nitrogens is 3. The maximum absolute atomic E-state index is 6.45. The van der Waals surface area contributed by atoms with Crippen LogP contribution in [0.25, 0.3) is 11.4 Å². The van der Waals surface area contributed by atoms with Crippen LogP contribution in [-0.4, -0.2) is 33.8 Å². The zero-order valence-electron chi connectivity index (χ0n) is 11.1. The fraction of sp³-hybridized carbons (Fsp3) is 0.385. The van der Waals surface area contributed by atoms with Gasteiger partial charge < -0.3 is 4.90 Å². The van der Waals surface area contributed by atoms with Crippen LogP contribution in [0.2, 0.25) is 5.02 Å². The molecule has 0 radical (unpaired) electrons. The fourth-order valence-electron chi connectivity index (χ4n) is 1.88. The summed E-state index contributed by atoms with van der Waals surface area (Å²) in [7, 11) is 5.95. The van der Waals surface area contributed by atoms with Gasteiger partial charge in [0, 0.05) is 19.3 Å². The molecule has 1 atom stereocenters. The van der Waals surface area contributed by atoms with Crippen LogP contribution in [0.15, 0.2) is 24.4 Å². The largest absolute Gasteiger partial charge is 0.301 e. The molecule has 2 heterocycles. The van der Waals surface area contributed by atoms with Gasteiger partial charge in [-0.2, -0.15) is 5.10 Å². The van der Waals surface area contributed by atoms with Crippen LogP contribution in [-0.2, 0) is 7.05 Å². The van der Waals surface area contributed by atoms with Crippen molar-refractivity contribution in [3.63, 3.8) is 0 Å². The predicted octanol–water partition coefficient (Wildman–Crippen LogP) is 2.76. The van der Waals surface area contributed by atoms with Crippen molar-refractivity contribution >= 4 is 11.6 Å². The highest BCUT2D eigenvalue weighted by atomic mass is 35.5. The van der Waals surface area contributed by atoms with E-state index in [0.29, 0.717) is 5.02 Å². The summed E-state index contributed by atoms with van der Waals surface area (Å²) in [5, 5.41) is 5.16. The lowest BCUT2D eigenvalue weighted by atomic mass is 10.2. The number of nitrogens with zero attached hydrogens (tertiary/aromatic N) is 4. The molecular formula is C13H17ClN4. The fourth-order valence-corrected chi connectivity index (χ4v) is 2.29. The lowest BCUT2D eigenvalue weighted by Crippen LogP contribution is -2.19. The Labute approximate surface area is 112 Å². The number of aryl methyl sites for hydroxylation is 1. The average molecular weight is 265 g/mol. The second kappa shape index (κ2) is 5.08. The van der Waals surface area contributed by atoms with Crippen LogP contribution < -0.4 is 0 Å². The SMILES string of the molecule is CC(c1c(Cl)c(-c2ccccn2)nn1C)N(C)C. The van der Waals surface area contributed by atoms with Gasteiger partial charge in [-0.25, -0.2) is 0 Å². The third-order valence-electron chi connectivity index (χ3n) is 3.11. The Bertz CT molecular complexity index is 533. The zero-order valence-corrected chi connectivity index (χ0v) is 11.8. The van der Waals surface area contributed by atoms with Crippen molar-refractivity contribution in [2.75, 3.05) is 14.1 Å². The lowest BCUT2D eigenvalue weighted by molar-refractivity contribution is 0.307. The smallest absolute Gasteiger partial charge is 0.130 e. The first kappa shape index (κ1) is 13.1. The number of halogens is 1. The molecule has 2 aromatic rings. The van der Waals surface area contributed by atoms with E-state index in [1.54, 1.807) is 6.20 Å². The van der Waals surface area contributed by atoms with Crippen molar-refractivity contribution in [3.8, 4) is 11.4 Å². The molecular weight excluding hydrogens is 248 g/mol. The standard InChI is InChI=1S/C13H17ClN4/c1-9(17(2)3)13-11(14)12(16-18(13)4)10-7-5-6-8-15-10/h5-9H,1-4H3. The van der Waals surface area contributed by atoms with Crippen LogP contribution in [0.5, 0.6) is 0 Å². The summed E-state index contributed by atoms with van der Waals surface area (Å²) in [6.45, 7) is 2.10. The molecule has 96 valence electrons. The van der Waals surface area contributed by atoms with E-state index < -0.39 is 0 Å². The van der Waals surface area contributed by atoms with E-state index in [1.165, 1.54) is 0 Å². The molecule has 4 nitrogen and oxygen atoms in total. The number of hydrogen-bond acceptors (Lipinski definition) is 3. The summed E-state index contributed by atoms with van der Waals surface area (Å²) >= 11 is 6.45. The van der Waals surface area contributed by atoms with Crippen LogP contribution in [0.3, 0.4) is 0 Å². The van der Waals surface area contributed by atoms with Crippen molar-refractivity contribution in [3.05, 3.63) is 35.1 Å². The quantitative estimate of drug-likeness (QED) is 0.855. The Morgan fingerprint density at radius 2 is 2.06 bits per heavy atom. The molecule has 0 bridgehead atoms. The molecule has 2 rings (SSSR count). The monoisotopic (exact) mass is 264 g/mol. The third kappa shape index (κ3) is 2.26. The minimum atomic E-state index is 0.201. The molecule has 0 aliphatic heterocycles. The van der Waals surface area contributed by atoms with E-state index in [0.717, 1.165) is 17.1 Å². The first-order valence-corrected chi connectivity index (χ1v) is 6.20. The van der Waals surface area contributed by atoms with E-state index in [1.807, 2.05) is 44.0 Å². The Morgan fingerprint density at radius 3 is 2.61 bits per heavy atom.